The first-order chi connectivity index (χ1) is 15.4. The first kappa shape index (κ1) is 22.2. The number of nitrogens with zero attached hydrogens (tertiary/aromatic N) is 1. The van der Waals surface area contributed by atoms with Gasteiger partial charge in [-0.05, 0) is 48.7 Å². The van der Waals surface area contributed by atoms with Crippen LogP contribution in [0.3, 0.4) is 0 Å². The second-order valence-electron chi connectivity index (χ2n) is 8.63. The van der Waals surface area contributed by atoms with Gasteiger partial charge in [0.1, 0.15) is 11.6 Å². The Hall–Kier alpha value is -3.03. The fourth-order valence-corrected chi connectivity index (χ4v) is 4.06. The van der Waals surface area contributed by atoms with Crippen molar-refractivity contribution >= 4 is 23.2 Å². The van der Waals surface area contributed by atoms with Gasteiger partial charge in [-0.15, -0.1) is 0 Å². The largest absolute Gasteiger partial charge is 0.398 e. The van der Waals surface area contributed by atoms with Crippen LogP contribution in [0.25, 0.3) is 6.08 Å². The van der Waals surface area contributed by atoms with Crippen molar-refractivity contribution in [1.82, 2.24) is 10.2 Å². The minimum Gasteiger partial charge on any atom is -0.398 e. The predicted molar refractivity (Wildman–Crippen MR) is 127 cm³/mol. The molecular weight excluding hydrogens is 408 g/mol. The van der Waals surface area contributed by atoms with Gasteiger partial charge in [-0.1, -0.05) is 24.8 Å². The highest BCUT2D eigenvalue weighted by molar-refractivity contribution is 6.12. The number of nitrogen functional groups attached to an aromatic ring is 1. The van der Waals surface area contributed by atoms with Crippen molar-refractivity contribution in [2.24, 2.45) is 5.41 Å². The third-order valence-electron chi connectivity index (χ3n) is 6.26. The Balaban J connectivity index is 1.47. The van der Waals surface area contributed by atoms with Crippen LogP contribution in [0.5, 0.6) is 0 Å². The van der Waals surface area contributed by atoms with Gasteiger partial charge in [0.2, 0.25) is 0 Å². The molecule has 0 amide bonds. The van der Waals surface area contributed by atoms with Crippen LogP contribution in [0.4, 0.5) is 20.2 Å². The molecule has 0 spiro atoms. The number of anilines is 2. The summed E-state index contributed by atoms with van der Waals surface area (Å²) in [5.74, 6) is -0.790. The molecule has 1 aliphatic carbocycles. The highest BCUT2D eigenvalue weighted by Gasteiger charge is 2.46. The monoisotopic (exact) mass is 437 g/mol. The first-order valence-electron chi connectivity index (χ1n) is 10.9. The van der Waals surface area contributed by atoms with Gasteiger partial charge in [0, 0.05) is 55.1 Å². The summed E-state index contributed by atoms with van der Waals surface area (Å²) in [5.41, 5.74) is 8.55. The Bertz CT molecular complexity index is 1040. The topological polar surface area (TPSA) is 77.2 Å². The number of nitrogens with one attached hydrogen (secondary N) is 3. The van der Waals surface area contributed by atoms with E-state index in [9.17, 15) is 8.78 Å². The van der Waals surface area contributed by atoms with Gasteiger partial charge in [-0.25, -0.2) is 8.78 Å². The summed E-state index contributed by atoms with van der Waals surface area (Å²) in [6, 6.07) is 8.76. The van der Waals surface area contributed by atoms with E-state index in [2.05, 4.69) is 22.1 Å². The molecule has 5 nitrogen and oxygen atoms in total. The van der Waals surface area contributed by atoms with Crippen LogP contribution < -0.4 is 16.4 Å². The van der Waals surface area contributed by atoms with Gasteiger partial charge in [0.05, 0.1) is 11.4 Å². The molecule has 7 heteroatoms. The Morgan fingerprint density at radius 3 is 2.53 bits per heavy atom. The normalized spacial score (nSPS) is 17.9. The number of hydrogen-bond donors (Lipinski definition) is 4. The lowest BCUT2D eigenvalue weighted by Gasteiger charge is -2.32. The van der Waals surface area contributed by atoms with Crippen LogP contribution in [-0.2, 0) is 0 Å². The molecule has 4 rings (SSSR count). The molecule has 5 N–H and O–H groups in total. The molecule has 0 aromatic heterocycles. The standard InChI is InChI=1S/C25H29F2N5/c1-17(25(8-9-25)16-32-12-10-30-11-13-32)31-24-14-20(23(29)15-21(24)27)22(28)7-4-18-2-5-19(26)6-3-18/h2-7,14-15,28,30-31H,1,8-13,16,29H2/b7-4+,28-22?. The smallest absolute Gasteiger partial charge is 0.148 e. The number of piperazine rings is 1. The van der Waals surface area contributed by atoms with Crippen LogP contribution >= 0.6 is 0 Å². The maximum atomic E-state index is 14.7. The highest BCUT2D eigenvalue weighted by Crippen LogP contribution is 2.52. The molecule has 2 aromatic carbocycles. The number of hydrogen-bond acceptors (Lipinski definition) is 5. The minimum absolute atomic E-state index is 0.0404. The molecule has 2 aliphatic rings. The van der Waals surface area contributed by atoms with E-state index < -0.39 is 5.82 Å². The van der Waals surface area contributed by atoms with Gasteiger partial charge >= 0.3 is 0 Å². The van der Waals surface area contributed by atoms with E-state index in [4.69, 9.17) is 11.1 Å². The lowest BCUT2D eigenvalue weighted by atomic mass is 10.0. The van der Waals surface area contributed by atoms with Crippen LogP contribution in [0.15, 0.2) is 54.8 Å². The second kappa shape index (κ2) is 9.22. The third-order valence-corrected chi connectivity index (χ3v) is 6.26. The van der Waals surface area contributed by atoms with E-state index in [0.29, 0.717) is 5.56 Å². The Morgan fingerprint density at radius 1 is 1.19 bits per heavy atom. The van der Waals surface area contributed by atoms with Gasteiger partial charge in [-0.2, -0.15) is 0 Å². The molecule has 0 unspecified atom stereocenters. The summed E-state index contributed by atoms with van der Waals surface area (Å²) in [4.78, 5) is 2.43. The van der Waals surface area contributed by atoms with Crippen LogP contribution in [0, 0.1) is 22.5 Å². The molecule has 0 radical (unpaired) electrons. The summed E-state index contributed by atoms with van der Waals surface area (Å²) in [5, 5.41) is 14.9. The van der Waals surface area contributed by atoms with Gasteiger partial charge in [0.15, 0.2) is 0 Å². The summed E-state index contributed by atoms with van der Waals surface area (Å²) in [7, 11) is 0. The van der Waals surface area contributed by atoms with Crippen LogP contribution in [-0.4, -0.2) is 43.3 Å². The summed E-state index contributed by atoms with van der Waals surface area (Å²) in [6.07, 6.45) is 5.33. The molecule has 0 bridgehead atoms. The number of benzene rings is 2. The quantitative estimate of drug-likeness (QED) is 0.368. The number of halogens is 2. The van der Waals surface area contributed by atoms with Crippen molar-refractivity contribution < 1.29 is 8.78 Å². The van der Waals surface area contributed by atoms with Crippen molar-refractivity contribution in [3.05, 3.63) is 77.5 Å². The zero-order valence-electron chi connectivity index (χ0n) is 18.1. The van der Waals surface area contributed by atoms with Crippen molar-refractivity contribution in [3.8, 4) is 0 Å². The Kier molecular flexibility index (Phi) is 6.39. The lowest BCUT2D eigenvalue weighted by molar-refractivity contribution is 0.209. The number of allylic oxidation sites excluding steroid dienone is 1. The van der Waals surface area contributed by atoms with Crippen molar-refractivity contribution in [2.75, 3.05) is 43.8 Å². The second-order valence-corrected chi connectivity index (χ2v) is 8.63. The fourth-order valence-electron chi connectivity index (χ4n) is 4.06. The predicted octanol–water partition coefficient (Wildman–Crippen LogP) is 4.24. The maximum Gasteiger partial charge on any atom is 0.148 e. The molecule has 1 aliphatic heterocycles. The van der Waals surface area contributed by atoms with E-state index >= 15 is 0 Å². The van der Waals surface area contributed by atoms with Crippen molar-refractivity contribution in [1.29, 1.82) is 5.41 Å². The molecule has 1 saturated carbocycles. The van der Waals surface area contributed by atoms with E-state index in [1.54, 1.807) is 30.4 Å². The lowest BCUT2D eigenvalue weighted by Crippen LogP contribution is -2.46. The number of rotatable bonds is 8. The molecule has 1 saturated heterocycles. The molecule has 168 valence electrons. The molecule has 2 aromatic rings. The first-order valence-corrected chi connectivity index (χ1v) is 10.9. The van der Waals surface area contributed by atoms with Crippen molar-refractivity contribution in [2.45, 2.75) is 12.8 Å². The Morgan fingerprint density at radius 2 is 1.88 bits per heavy atom. The minimum atomic E-state index is -0.472. The fraction of sp³-hybridized carbons (Fsp3) is 0.320. The van der Waals surface area contributed by atoms with Crippen molar-refractivity contribution in [3.63, 3.8) is 0 Å². The van der Waals surface area contributed by atoms with Gasteiger partial charge in [-0.3, -0.25) is 4.90 Å². The number of nitrogens with two attached hydrogens (primary N) is 1. The zero-order valence-corrected chi connectivity index (χ0v) is 18.1. The summed E-state index contributed by atoms with van der Waals surface area (Å²) >= 11 is 0. The highest BCUT2D eigenvalue weighted by atomic mass is 19.1. The maximum absolute atomic E-state index is 14.7. The van der Waals surface area contributed by atoms with E-state index in [-0.39, 0.29) is 28.3 Å². The van der Waals surface area contributed by atoms with Gasteiger partial charge in [0.25, 0.3) is 0 Å². The molecule has 32 heavy (non-hydrogen) atoms. The molecule has 0 atom stereocenters. The van der Waals surface area contributed by atoms with Crippen LogP contribution in [0.1, 0.15) is 24.0 Å². The molecule has 1 heterocycles. The average molecular weight is 438 g/mol. The van der Waals surface area contributed by atoms with E-state index in [1.807, 2.05) is 0 Å². The molecule has 2 fully saturated rings. The molecular formula is C25H29F2N5. The van der Waals surface area contributed by atoms with E-state index in [1.165, 1.54) is 18.2 Å². The summed E-state index contributed by atoms with van der Waals surface area (Å²) < 4.78 is 27.8. The Labute approximate surface area is 187 Å². The van der Waals surface area contributed by atoms with Crippen LogP contribution in [0.2, 0.25) is 0 Å². The average Bonchev–Trinajstić information content (AvgIpc) is 3.56. The third kappa shape index (κ3) is 5.06. The SMILES string of the molecule is C=C(Nc1cc(C(=N)/C=C/c2ccc(F)cc2)c(N)cc1F)C1(CN2CCNCC2)CC1. The van der Waals surface area contributed by atoms with Gasteiger partial charge < -0.3 is 21.8 Å². The summed E-state index contributed by atoms with van der Waals surface area (Å²) in [6.45, 7) is 9.12. The zero-order chi connectivity index (χ0) is 22.7. The van der Waals surface area contributed by atoms with E-state index in [0.717, 1.165) is 56.8 Å².